The van der Waals surface area contributed by atoms with Gasteiger partial charge in [-0.15, -0.1) is 0 Å². The SMILES string of the molecule is Cc1cc([C@@H]2[C@@H](c3ccccn3)NC(=S)N2C2CCCC2)c(C)n1-c1cccc(C(F)(F)F)c1. The number of rotatable bonds is 4. The molecular weight excluding hydrogens is 457 g/mol. The maximum Gasteiger partial charge on any atom is 0.416 e. The maximum absolute atomic E-state index is 13.4. The first kappa shape index (κ1) is 22.9. The highest BCUT2D eigenvalue weighted by Crippen LogP contribution is 2.45. The van der Waals surface area contributed by atoms with Crippen LogP contribution in [0.3, 0.4) is 0 Å². The van der Waals surface area contributed by atoms with Crippen LogP contribution in [-0.2, 0) is 6.18 Å². The number of nitrogens with zero attached hydrogens (tertiary/aromatic N) is 3. The monoisotopic (exact) mass is 484 g/mol. The fraction of sp³-hybridized carbons (Fsp3) is 0.385. The number of aryl methyl sites for hydroxylation is 1. The van der Waals surface area contributed by atoms with Crippen molar-refractivity contribution in [3.8, 4) is 5.69 Å². The molecule has 1 N–H and O–H groups in total. The van der Waals surface area contributed by atoms with E-state index in [0.29, 0.717) is 11.7 Å². The van der Waals surface area contributed by atoms with Crippen LogP contribution in [0.4, 0.5) is 13.2 Å². The van der Waals surface area contributed by atoms with Crippen LogP contribution in [0.1, 0.15) is 66.0 Å². The van der Waals surface area contributed by atoms with Crippen LogP contribution in [-0.4, -0.2) is 25.6 Å². The maximum atomic E-state index is 13.4. The van der Waals surface area contributed by atoms with Crippen molar-refractivity contribution in [3.05, 3.63) is 82.9 Å². The van der Waals surface area contributed by atoms with E-state index in [-0.39, 0.29) is 12.1 Å². The van der Waals surface area contributed by atoms with E-state index in [9.17, 15) is 13.2 Å². The second kappa shape index (κ2) is 8.73. The average molecular weight is 485 g/mol. The Morgan fingerprint density at radius 2 is 1.79 bits per heavy atom. The molecule has 2 aliphatic rings. The van der Waals surface area contributed by atoms with Crippen LogP contribution in [0.25, 0.3) is 5.69 Å². The predicted molar refractivity (Wildman–Crippen MR) is 130 cm³/mol. The lowest BCUT2D eigenvalue weighted by Gasteiger charge is -2.33. The van der Waals surface area contributed by atoms with Gasteiger partial charge in [-0.25, -0.2) is 0 Å². The molecule has 0 bridgehead atoms. The van der Waals surface area contributed by atoms with Crippen molar-refractivity contribution in [1.29, 1.82) is 0 Å². The van der Waals surface area contributed by atoms with Crippen molar-refractivity contribution in [1.82, 2.24) is 19.8 Å². The summed E-state index contributed by atoms with van der Waals surface area (Å²) < 4.78 is 42.1. The van der Waals surface area contributed by atoms with E-state index >= 15 is 0 Å². The molecule has 2 aromatic heterocycles. The van der Waals surface area contributed by atoms with Gasteiger partial charge in [0.05, 0.1) is 23.3 Å². The van der Waals surface area contributed by atoms with Gasteiger partial charge in [-0.1, -0.05) is 25.0 Å². The van der Waals surface area contributed by atoms with Crippen molar-refractivity contribution >= 4 is 17.3 Å². The molecule has 3 heterocycles. The van der Waals surface area contributed by atoms with Crippen LogP contribution in [0, 0.1) is 13.8 Å². The predicted octanol–water partition coefficient (Wildman–Crippen LogP) is 6.42. The van der Waals surface area contributed by atoms with E-state index in [4.69, 9.17) is 12.2 Å². The molecule has 1 aromatic carbocycles. The zero-order chi connectivity index (χ0) is 24.0. The molecule has 178 valence electrons. The second-order valence-electron chi connectivity index (χ2n) is 9.18. The summed E-state index contributed by atoms with van der Waals surface area (Å²) in [6.45, 7) is 3.92. The van der Waals surface area contributed by atoms with Crippen LogP contribution < -0.4 is 5.32 Å². The lowest BCUT2D eigenvalue weighted by molar-refractivity contribution is -0.137. The Bertz CT molecular complexity index is 1200. The molecule has 2 fully saturated rings. The zero-order valence-corrected chi connectivity index (χ0v) is 20.0. The van der Waals surface area contributed by atoms with E-state index < -0.39 is 11.7 Å². The molecule has 4 nitrogen and oxygen atoms in total. The van der Waals surface area contributed by atoms with Gasteiger partial charge >= 0.3 is 6.18 Å². The number of hydrogen-bond acceptors (Lipinski definition) is 2. The molecule has 1 saturated carbocycles. The Hall–Kier alpha value is -2.87. The number of alkyl halides is 3. The summed E-state index contributed by atoms with van der Waals surface area (Å²) in [5, 5.41) is 4.23. The van der Waals surface area contributed by atoms with E-state index in [1.165, 1.54) is 25.0 Å². The van der Waals surface area contributed by atoms with Crippen molar-refractivity contribution in [2.45, 2.75) is 63.8 Å². The molecule has 2 atom stereocenters. The Morgan fingerprint density at radius 3 is 2.47 bits per heavy atom. The topological polar surface area (TPSA) is 33.1 Å². The molecule has 3 aromatic rings. The Kier molecular flexibility index (Phi) is 5.88. The number of nitrogens with one attached hydrogen (secondary N) is 1. The van der Waals surface area contributed by atoms with Gasteiger partial charge in [0.25, 0.3) is 0 Å². The summed E-state index contributed by atoms with van der Waals surface area (Å²) in [4.78, 5) is 6.93. The standard InChI is InChI=1S/C26H27F3N4S/c1-16-14-21(17(2)32(16)20-11-7-8-18(15-20)26(27,28)29)24-23(22-12-5-6-13-30-22)31-25(34)33(24)19-9-3-4-10-19/h5-8,11-15,19,23-24H,3-4,9-10H2,1-2H3,(H,31,34)/t23-,24-/m1/s1. The van der Waals surface area contributed by atoms with Gasteiger partial charge in [-0.2, -0.15) is 13.2 Å². The first-order valence-electron chi connectivity index (χ1n) is 11.6. The lowest BCUT2D eigenvalue weighted by atomic mass is 9.95. The Balaban J connectivity index is 1.62. The first-order chi connectivity index (χ1) is 16.3. The first-order valence-corrected chi connectivity index (χ1v) is 12.0. The van der Waals surface area contributed by atoms with Crippen molar-refractivity contribution in [3.63, 3.8) is 0 Å². The van der Waals surface area contributed by atoms with Crippen LogP contribution in [0.2, 0.25) is 0 Å². The van der Waals surface area contributed by atoms with Crippen molar-refractivity contribution in [2.24, 2.45) is 0 Å². The zero-order valence-electron chi connectivity index (χ0n) is 19.1. The number of pyridine rings is 1. The number of thiocarbonyl (C=S) groups is 1. The quantitative estimate of drug-likeness (QED) is 0.433. The molecule has 1 aliphatic carbocycles. The van der Waals surface area contributed by atoms with Gasteiger partial charge in [-0.3, -0.25) is 4.98 Å². The Labute approximate surface area is 202 Å². The van der Waals surface area contributed by atoms with Gasteiger partial charge in [0, 0.05) is 29.3 Å². The molecule has 34 heavy (non-hydrogen) atoms. The van der Waals surface area contributed by atoms with E-state index in [1.807, 2.05) is 36.6 Å². The molecular formula is C26H27F3N4S. The molecule has 0 amide bonds. The molecule has 1 saturated heterocycles. The number of halogens is 3. The molecule has 0 unspecified atom stereocenters. The molecule has 0 spiro atoms. The van der Waals surface area contributed by atoms with Crippen LogP contribution >= 0.6 is 12.2 Å². The molecule has 0 radical (unpaired) electrons. The summed E-state index contributed by atoms with van der Waals surface area (Å²) in [5.41, 5.74) is 3.62. The second-order valence-corrected chi connectivity index (χ2v) is 9.57. The summed E-state index contributed by atoms with van der Waals surface area (Å²) in [6, 6.07) is 13.6. The number of benzene rings is 1. The minimum Gasteiger partial charge on any atom is -0.352 e. The lowest BCUT2D eigenvalue weighted by Crippen LogP contribution is -2.37. The fourth-order valence-electron chi connectivity index (χ4n) is 5.58. The van der Waals surface area contributed by atoms with Gasteiger partial charge < -0.3 is 14.8 Å². The number of hydrogen-bond donors (Lipinski definition) is 1. The van der Waals surface area contributed by atoms with Gasteiger partial charge in [0.1, 0.15) is 0 Å². The largest absolute Gasteiger partial charge is 0.416 e. The van der Waals surface area contributed by atoms with Gasteiger partial charge in [0.15, 0.2) is 5.11 Å². The van der Waals surface area contributed by atoms with E-state index in [1.54, 1.807) is 12.3 Å². The fourth-order valence-corrected chi connectivity index (χ4v) is 5.97. The molecule has 8 heteroatoms. The third kappa shape index (κ3) is 3.98. The van der Waals surface area contributed by atoms with Crippen molar-refractivity contribution in [2.75, 3.05) is 0 Å². The van der Waals surface area contributed by atoms with E-state index in [2.05, 4.69) is 21.3 Å². The molecule has 1 aliphatic heterocycles. The van der Waals surface area contributed by atoms with Gasteiger partial charge in [0.2, 0.25) is 0 Å². The summed E-state index contributed by atoms with van der Waals surface area (Å²) >= 11 is 5.82. The minimum absolute atomic E-state index is 0.0868. The third-order valence-corrected chi connectivity index (χ3v) is 7.40. The van der Waals surface area contributed by atoms with Crippen LogP contribution in [0.15, 0.2) is 54.7 Å². The summed E-state index contributed by atoms with van der Waals surface area (Å²) in [6.07, 6.45) is 1.90. The summed E-state index contributed by atoms with van der Waals surface area (Å²) in [5.74, 6) is 0. The number of aromatic nitrogens is 2. The summed E-state index contributed by atoms with van der Waals surface area (Å²) in [7, 11) is 0. The highest BCUT2D eigenvalue weighted by Gasteiger charge is 2.44. The van der Waals surface area contributed by atoms with Crippen molar-refractivity contribution < 1.29 is 13.2 Å². The Morgan fingerprint density at radius 1 is 1.03 bits per heavy atom. The normalized spacial score (nSPS) is 21.3. The average Bonchev–Trinajstić information content (AvgIpc) is 3.51. The van der Waals surface area contributed by atoms with Gasteiger partial charge in [-0.05, 0) is 80.9 Å². The highest BCUT2D eigenvalue weighted by atomic mass is 32.1. The highest BCUT2D eigenvalue weighted by molar-refractivity contribution is 7.80. The smallest absolute Gasteiger partial charge is 0.352 e. The van der Waals surface area contributed by atoms with Crippen LogP contribution in [0.5, 0.6) is 0 Å². The molecule has 5 rings (SSSR count). The van der Waals surface area contributed by atoms with E-state index in [0.717, 1.165) is 46.7 Å². The minimum atomic E-state index is -4.39. The third-order valence-electron chi connectivity index (χ3n) is 7.07.